The molecule has 1 saturated heterocycles. The first-order chi connectivity index (χ1) is 8.41. The van der Waals surface area contributed by atoms with Gasteiger partial charge in [0.1, 0.15) is 5.15 Å². The number of hydrogen-bond acceptors (Lipinski definition) is 3. The second-order valence-electron chi connectivity index (χ2n) is 5.19. The van der Waals surface area contributed by atoms with E-state index in [0.717, 1.165) is 25.2 Å². The van der Waals surface area contributed by atoms with E-state index in [9.17, 15) is 4.79 Å². The molecule has 5 heteroatoms. The number of aromatic nitrogens is 1. The molecular formula is C13H18ClN3O. The summed E-state index contributed by atoms with van der Waals surface area (Å²) in [5.41, 5.74) is 0.614. The van der Waals surface area contributed by atoms with Crippen molar-refractivity contribution in [3.63, 3.8) is 0 Å². The SMILES string of the molecule is CN1CCN(Cc2ccnc(Cl)c2)C(C)(C)C1=O. The van der Waals surface area contributed by atoms with Crippen molar-refractivity contribution in [2.24, 2.45) is 0 Å². The molecule has 2 rings (SSSR count). The molecule has 98 valence electrons. The number of pyridine rings is 1. The molecule has 0 N–H and O–H groups in total. The Morgan fingerprint density at radius 2 is 2.17 bits per heavy atom. The number of carbonyl (C=O) groups is 1. The van der Waals surface area contributed by atoms with Gasteiger partial charge in [-0.05, 0) is 31.5 Å². The zero-order chi connectivity index (χ0) is 13.3. The highest BCUT2D eigenvalue weighted by Crippen LogP contribution is 2.24. The predicted molar refractivity (Wildman–Crippen MR) is 71.4 cm³/mol. The molecule has 0 aromatic carbocycles. The molecule has 0 spiro atoms. The highest BCUT2D eigenvalue weighted by atomic mass is 35.5. The lowest BCUT2D eigenvalue weighted by Gasteiger charge is -2.44. The fourth-order valence-corrected chi connectivity index (χ4v) is 2.49. The van der Waals surface area contributed by atoms with E-state index in [0.29, 0.717) is 5.15 Å². The summed E-state index contributed by atoms with van der Waals surface area (Å²) in [5.74, 6) is 0.161. The first-order valence-corrected chi connectivity index (χ1v) is 6.40. The van der Waals surface area contributed by atoms with Crippen LogP contribution in [-0.2, 0) is 11.3 Å². The van der Waals surface area contributed by atoms with E-state index >= 15 is 0 Å². The molecule has 4 nitrogen and oxygen atoms in total. The Labute approximate surface area is 113 Å². The number of nitrogens with zero attached hydrogens (tertiary/aromatic N) is 3. The Hall–Kier alpha value is -1.13. The third-order valence-corrected chi connectivity index (χ3v) is 3.74. The van der Waals surface area contributed by atoms with Crippen molar-refractivity contribution in [2.75, 3.05) is 20.1 Å². The lowest BCUT2D eigenvalue weighted by molar-refractivity contribution is -0.147. The number of amides is 1. The van der Waals surface area contributed by atoms with Gasteiger partial charge in [-0.1, -0.05) is 11.6 Å². The van der Waals surface area contributed by atoms with Crippen molar-refractivity contribution < 1.29 is 4.79 Å². The van der Waals surface area contributed by atoms with Gasteiger partial charge in [-0.15, -0.1) is 0 Å². The van der Waals surface area contributed by atoms with Crippen LogP contribution in [0.25, 0.3) is 0 Å². The Bertz CT molecular complexity index is 461. The summed E-state index contributed by atoms with van der Waals surface area (Å²) in [4.78, 5) is 20.1. The van der Waals surface area contributed by atoms with Crippen LogP contribution in [0.2, 0.25) is 5.15 Å². The molecule has 0 atom stereocenters. The van der Waals surface area contributed by atoms with Crippen LogP contribution in [0.5, 0.6) is 0 Å². The third kappa shape index (κ3) is 2.49. The lowest BCUT2D eigenvalue weighted by atomic mass is 9.97. The van der Waals surface area contributed by atoms with E-state index in [4.69, 9.17) is 11.6 Å². The fourth-order valence-electron chi connectivity index (χ4n) is 2.29. The summed E-state index contributed by atoms with van der Waals surface area (Å²) in [6, 6.07) is 3.78. The molecule has 1 aromatic rings. The van der Waals surface area contributed by atoms with Crippen molar-refractivity contribution >= 4 is 17.5 Å². The highest BCUT2D eigenvalue weighted by Gasteiger charge is 2.40. The Morgan fingerprint density at radius 3 is 2.83 bits per heavy atom. The number of carbonyl (C=O) groups excluding carboxylic acids is 1. The van der Waals surface area contributed by atoms with E-state index in [1.165, 1.54) is 0 Å². The quantitative estimate of drug-likeness (QED) is 0.767. The number of rotatable bonds is 2. The van der Waals surface area contributed by atoms with Crippen LogP contribution in [0, 0.1) is 0 Å². The average Bonchev–Trinajstić information content (AvgIpc) is 2.31. The summed E-state index contributed by atoms with van der Waals surface area (Å²) in [5, 5.41) is 0.491. The van der Waals surface area contributed by atoms with Gasteiger partial charge in [0.15, 0.2) is 0 Å². The highest BCUT2D eigenvalue weighted by molar-refractivity contribution is 6.29. The number of piperazine rings is 1. The Morgan fingerprint density at radius 1 is 1.44 bits per heavy atom. The van der Waals surface area contributed by atoms with Crippen molar-refractivity contribution in [1.82, 2.24) is 14.8 Å². The summed E-state index contributed by atoms with van der Waals surface area (Å²) in [6.45, 7) is 6.28. The van der Waals surface area contributed by atoms with Crippen molar-refractivity contribution in [3.05, 3.63) is 29.0 Å². The monoisotopic (exact) mass is 267 g/mol. The maximum absolute atomic E-state index is 12.2. The zero-order valence-electron chi connectivity index (χ0n) is 11.0. The van der Waals surface area contributed by atoms with Crippen LogP contribution < -0.4 is 0 Å². The maximum Gasteiger partial charge on any atom is 0.242 e. The molecule has 2 heterocycles. The molecule has 0 aliphatic carbocycles. The largest absolute Gasteiger partial charge is 0.343 e. The minimum absolute atomic E-state index is 0.161. The summed E-state index contributed by atoms with van der Waals surface area (Å²) >= 11 is 5.88. The molecule has 0 bridgehead atoms. The van der Waals surface area contributed by atoms with Gasteiger partial charge in [0.25, 0.3) is 0 Å². The first kappa shape index (κ1) is 13.3. The van der Waals surface area contributed by atoms with Gasteiger partial charge < -0.3 is 4.90 Å². The molecule has 1 aliphatic heterocycles. The molecular weight excluding hydrogens is 250 g/mol. The van der Waals surface area contributed by atoms with Gasteiger partial charge in [0.05, 0.1) is 5.54 Å². The van der Waals surface area contributed by atoms with Crippen LogP contribution in [0.1, 0.15) is 19.4 Å². The number of halogens is 1. The van der Waals surface area contributed by atoms with Gasteiger partial charge in [-0.2, -0.15) is 0 Å². The van der Waals surface area contributed by atoms with Gasteiger partial charge in [0, 0.05) is 32.9 Å². The van der Waals surface area contributed by atoms with Gasteiger partial charge >= 0.3 is 0 Å². The molecule has 0 unspecified atom stereocenters. The minimum atomic E-state index is -0.469. The van der Waals surface area contributed by atoms with Gasteiger partial charge in [-0.25, -0.2) is 4.98 Å². The van der Waals surface area contributed by atoms with Crippen LogP contribution >= 0.6 is 11.6 Å². The maximum atomic E-state index is 12.2. The van der Waals surface area contributed by atoms with Crippen LogP contribution in [0.3, 0.4) is 0 Å². The number of hydrogen-bond donors (Lipinski definition) is 0. The van der Waals surface area contributed by atoms with Crippen molar-refractivity contribution in [3.8, 4) is 0 Å². The minimum Gasteiger partial charge on any atom is -0.343 e. The van der Waals surface area contributed by atoms with E-state index in [1.807, 2.05) is 33.0 Å². The van der Waals surface area contributed by atoms with E-state index in [1.54, 1.807) is 11.1 Å². The second-order valence-corrected chi connectivity index (χ2v) is 5.58. The first-order valence-electron chi connectivity index (χ1n) is 6.02. The summed E-state index contributed by atoms with van der Waals surface area (Å²) < 4.78 is 0. The van der Waals surface area contributed by atoms with Crippen molar-refractivity contribution in [2.45, 2.75) is 25.9 Å². The topological polar surface area (TPSA) is 36.4 Å². The second kappa shape index (κ2) is 4.86. The van der Waals surface area contributed by atoms with Gasteiger partial charge in [-0.3, -0.25) is 9.69 Å². The third-order valence-electron chi connectivity index (χ3n) is 3.53. The predicted octanol–water partition coefficient (Wildman–Crippen LogP) is 1.79. The smallest absolute Gasteiger partial charge is 0.242 e. The van der Waals surface area contributed by atoms with Gasteiger partial charge in [0.2, 0.25) is 5.91 Å². The van der Waals surface area contributed by atoms with Crippen LogP contribution in [-0.4, -0.2) is 46.4 Å². The van der Waals surface area contributed by atoms with E-state index < -0.39 is 5.54 Å². The molecule has 1 aromatic heterocycles. The summed E-state index contributed by atoms with van der Waals surface area (Å²) in [7, 11) is 1.85. The molecule has 0 radical (unpaired) electrons. The molecule has 1 amide bonds. The standard InChI is InChI=1S/C13H18ClN3O/c1-13(2)12(18)16(3)6-7-17(13)9-10-4-5-15-11(14)8-10/h4-5,8H,6-7,9H2,1-3H3. The summed E-state index contributed by atoms with van der Waals surface area (Å²) in [6.07, 6.45) is 1.70. The van der Waals surface area contributed by atoms with E-state index in [2.05, 4.69) is 9.88 Å². The van der Waals surface area contributed by atoms with Crippen LogP contribution in [0.4, 0.5) is 0 Å². The molecule has 18 heavy (non-hydrogen) atoms. The zero-order valence-corrected chi connectivity index (χ0v) is 11.7. The Balaban J connectivity index is 2.16. The Kier molecular flexibility index (Phi) is 3.59. The van der Waals surface area contributed by atoms with E-state index in [-0.39, 0.29) is 5.91 Å². The lowest BCUT2D eigenvalue weighted by Crippen LogP contribution is -2.61. The number of likely N-dealkylation sites (N-methyl/N-ethyl adjacent to an activating group) is 1. The fraction of sp³-hybridized carbons (Fsp3) is 0.538. The normalized spacial score (nSPS) is 20.2. The molecule has 1 fully saturated rings. The average molecular weight is 268 g/mol. The molecule has 1 aliphatic rings. The molecule has 0 saturated carbocycles. The van der Waals surface area contributed by atoms with Crippen molar-refractivity contribution in [1.29, 1.82) is 0 Å². The van der Waals surface area contributed by atoms with Crippen LogP contribution in [0.15, 0.2) is 18.3 Å².